The summed E-state index contributed by atoms with van der Waals surface area (Å²) in [6, 6.07) is 0. The summed E-state index contributed by atoms with van der Waals surface area (Å²) in [6.07, 6.45) is 17.3. The predicted octanol–water partition coefficient (Wildman–Crippen LogP) is 5.67. The second kappa shape index (κ2) is 5.08. The molecule has 0 N–H and O–H groups in total. The van der Waals surface area contributed by atoms with Crippen molar-refractivity contribution in [1.82, 2.24) is 0 Å². The molecular weight excluding hydrogens is 228 g/mol. The third-order valence-corrected chi connectivity index (χ3v) is 7.69. The molecule has 4 rings (SSSR count). The van der Waals surface area contributed by atoms with Crippen LogP contribution in [0.2, 0.25) is 0 Å². The zero-order chi connectivity index (χ0) is 12.8. The largest absolute Gasteiger partial charge is 0.0622 e. The van der Waals surface area contributed by atoms with Crippen molar-refractivity contribution in [3.8, 4) is 0 Å². The molecule has 0 aromatic heterocycles. The molecule has 0 aliphatic heterocycles. The van der Waals surface area contributed by atoms with Gasteiger partial charge in [0.15, 0.2) is 0 Å². The summed E-state index contributed by atoms with van der Waals surface area (Å²) in [6.45, 7) is 2.59. The molecule has 7 atom stereocenters. The average Bonchev–Trinajstić information content (AvgIpc) is 2.47. The zero-order valence-electron chi connectivity index (χ0n) is 12.8. The lowest BCUT2D eigenvalue weighted by molar-refractivity contribution is -0.0719. The van der Waals surface area contributed by atoms with Gasteiger partial charge in [0.25, 0.3) is 0 Å². The van der Waals surface area contributed by atoms with E-state index < -0.39 is 0 Å². The first-order chi connectivity index (χ1) is 9.34. The Bertz CT molecular complexity index is 320. The van der Waals surface area contributed by atoms with Crippen molar-refractivity contribution < 1.29 is 0 Å². The number of hydrogen-bond acceptors (Lipinski definition) is 0. The highest BCUT2D eigenvalue weighted by atomic mass is 14.5. The van der Waals surface area contributed by atoms with Crippen molar-refractivity contribution in [3.63, 3.8) is 0 Å². The summed E-state index contributed by atoms with van der Waals surface area (Å²) in [5.41, 5.74) is 0. The van der Waals surface area contributed by atoms with Crippen LogP contribution in [-0.4, -0.2) is 0 Å². The topological polar surface area (TPSA) is 0 Å². The standard InChI is InChI=1S/C19H32/c1-13-12-15-11-10-14-6-2-3-8-17(14)19(15)18-9-5-4-7-16(13)18/h13-19H,2-12H2,1H3/t13?,14-,15?,16?,17?,18?,19?/m1/s1. The minimum atomic E-state index is 1.05. The van der Waals surface area contributed by atoms with Gasteiger partial charge in [-0.2, -0.15) is 0 Å². The second-order valence-corrected chi connectivity index (χ2v) is 8.45. The van der Waals surface area contributed by atoms with Gasteiger partial charge in [-0.3, -0.25) is 0 Å². The van der Waals surface area contributed by atoms with E-state index in [1.54, 1.807) is 64.2 Å². The number of fused-ring (bicyclic) bond motifs is 5. The van der Waals surface area contributed by atoms with Crippen LogP contribution in [0.4, 0.5) is 0 Å². The molecule has 0 heterocycles. The summed E-state index contributed by atoms with van der Waals surface area (Å²) in [7, 11) is 0. The fraction of sp³-hybridized carbons (Fsp3) is 1.00. The smallest absolute Gasteiger partial charge is 0.0324 e. The monoisotopic (exact) mass is 260 g/mol. The van der Waals surface area contributed by atoms with E-state index in [9.17, 15) is 0 Å². The summed E-state index contributed by atoms with van der Waals surface area (Å²) >= 11 is 0. The van der Waals surface area contributed by atoms with Crippen LogP contribution in [0, 0.1) is 41.4 Å². The fourth-order valence-corrected chi connectivity index (χ4v) is 7.04. The molecule has 0 saturated heterocycles. The first-order valence-corrected chi connectivity index (χ1v) is 9.34. The maximum Gasteiger partial charge on any atom is -0.0324 e. The van der Waals surface area contributed by atoms with Gasteiger partial charge in [0, 0.05) is 0 Å². The van der Waals surface area contributed by atoms with E-state index in [0.29, 0.717) is 0 Å². The maximum absolute atomic E-state index is 2.59. The number of rotatable bonds is 0. The van der Waals surface area contributed by atoms with E-state index in [-0.39, 0.29) is 0 Å². The van der Waals surface area contributed by atoms with Crippen LogP contribution in [0.1, 0.15) is 77.6 Å². The molecule has 0 aromatic rings. The van der Waals surface area contributed by atoms with Gasteiger partial charge in [-0.25, -0.2) is 0 Å². The SMILES string of the molecule is CC1CC2CC[C@H]3CCCCC3C2C2CCCCC12. The summed E-state index contributed by atoms with van der Waals surface area (Å²) in [4.78, 5) is 0. The molecule has 0 aromatic carbocycles. The Balaban J connectivity index is 1.61. The van der Waals surface area contributed by atoms with Crippen LogP contribution in [0.15, 0.2) is 0 Å². The van der Waals surface area contributed by atoms with E-state index in [2.05, 4.69) is 6.92 Å². The van der Waals surface area contributed by atoms with Crippen LogP contribution in [-0.2, 0) is 0 Å². The third kappa shape index (κ3) is 2.09. The Labute approximate surface area is 119 Å². The molecule has 0 bridgehead atoms. The lowest BCUT2D eigenvalue weighted by atomic mass is 9.49. The Morgan fingerprint density at radius 2 is 1.21 bits per heavy atom. The molecule has 0 radical (unpaired) electrons. The van der Waals surface area contributed by atoms with Crippen LogP contribution in [0.5, 0.6) is 0 Å². The molecule has 0 spiro atoms. The van der Waals surface area contributed by atoms with Gasteiger partial charge in [-0.15, -0.1) is 0 Å². The first-order valence-electron chi connectivity index (χ1n) is 9.34. The summed E-state index contributed by atoms with van der Waals surface area (Å²) < 4.78 is 0. The Morgan fingerprint density at radius 1 is 0.579 bits per heavy atom. The van der Waals surface area contributed by atoms with Crippen molar-refractivity contribution in [2.75, 3.05) is 0 Å². The van der Waals surface area contributed by atoms with Crippen molar-refractivity contribution in [1.29, 1.82) is 0 Å². The highest BCUT2D eigenvalue weighted by Crippen LogP contribution is 2.58. The van der Waals surface area contributed by atoms with Crippen molar-refractivity contribution in [3.05, 3.63) is 0 Å². The quantitative estimate of drug-likeness (QED) is 0.527. The van der Waals surface area contributed by atoms with E-state index in [4.69, 9.17) is 0 Å². The summed E-state index contributed by atoms with van der Waals surface area (Å²) in [5.74, 6) is 7.92. The van der Waals surface area contributed by atoms with Crippen molar-refractivity contribution >= 4 is 0 Å². The molecule has 0 nitrogen and oxygen atoms in total. The first kappa shape index (κ1) is 12.7. The Kier molecular flexibility index (Phi) is 3.40. The van der Waals surface area contributed by atoms with Crippen LogP contribution < -0.4 is 0 Å². The van der Waals surface area contributed by atoms with Gasteiger partial charge in [0.1, 0.15) is 0 Å². The Morgan fingerprint density at radius 3 is 2.05 bits per heavy atom. The molecule has 108 valence electrons. The van der Waals surface area contributed by atoms with Gasteiger partial charge in [0.05, 0.1) is 0 Å². The van der Waals surface area contributed by atoms with Crippen LogP contribution in [0.3, 0.4) is 0 Å². The molecule has 4 aliphatic rings. The summed E-state index contributed by atoms with van der Waals surface area (Å²) in [5, 5.41) is 0. The predicted molar refractivity (Wildman–Crippen MR) is 80.9 cm³/mol. The lowest BCUT2D eigenvalue weighted by Gasteiger charge is -2.56. The van der Waals surface area contributed by atoms with E-state index in [1.165, 1.54) is 12.3 Å². The minimum absolute atomic E-state index is 1.05. The number of hydrogen-bond donors (Lipinski definition) is 0. The van der Waals surface area contributed by atoms with Crippen molar-refractivity contribution in [2.24, 2.45) is 41.4 Å². The van der Waals surface area contributed by atoms with Crippen LogP contribution >= 0.6 is 0 Å². The maximum atomic E-state index is 2.59. The Hall–Kier alpha value is 0. The normalized spacial score (nSPS) is 53.8. The molecule has 4 fully saturated rings. The molecule has 19 heavy (non-hydrogen) atoms. The zero-order valence-corrected chi connectivity index (χ0v) is 12.8. The molecule has 6 unspecified atom stereocenters. The third-order valence-electron chi connectivity index (χ3n) is 7.69. The lowest BCUT2D eigenvalue weighted by Crippen LogP contribution is -2.49. The van der Waals surface area contributed by atoms with Gasteiger partial charge in [-0.1, -0.05) is 39.0 Å². The van der Waals surface area contributed by atoms with Gasteiger partial charge < -0.3 is 0 Å². The molecular formula is C19H32. The van der Waals surface area contributed by atoms with Gasteiger partial charge >= 0.3 is 0 Å². The van der Waals surface area contributed by atoms with E-state index in [1.807, 2.05) is 0 Å². The van der Waals surface area contributed by atoms with Gasteiger partial charge in [0.2, 0.25) is 0 Å². The minimum Gasteiger partial charge on any atom is -0.0622 e. The second-order valence-electron chi connectivity index (χ2n) is 8.45. The van der Waals surface area contributed by atoms with Gasteiger partial charge in [-0.05, 0) is 80.0 Å². The highest BCUT2D eigenvalue weighted by Gasteiger charge is 2.50. The average molecular weight is 260 g/mol. The van der Waals surface area contributed by atoms with E-state index in [0.717, 1.165) is 35.5 Å². The van der Waals surface area contributed by atoms with E-state index >= 15 is 0 Å². The molecule has 0 heteroatoms. The molecule has 0 amide bonds. The fourth-order valence-electron chi connectivity index (χ4n) is 7.04. The van der Waals surface area contributed by atoms with Crippen molar-refractivity contribution in [2.45, 2.75) is 77.6 Å². The van der Waals surface area contributed by atoms with Crippen LogP contribution in [0.25, 0.3) is 0 Å². The molecule has 4 saturated carbocycles. The highest BCUT2D eigenvalue weighted by molar-refractivity contribution is 4.99. The molecule has 4 aliphatic carbocycles.